The molecule has 0 spiro atoms. The zero-order valence-electron chi connectivity index (χ0n) is 16.0. The molecule has 0 bridgehead atoms. The van der Waals surface area contributed by atoms with Crippen molar-refractivity contribution in [3.8, 4) is 11.5 Å². The van der Waals surface area contributed by atoms with Crippen molar-refractivity contribution in [2.24, 2.45) is 0 Å². The van der Waals surface area contributed by atoms with Gasteiger partial charge in [-0.15, -0.1) is 0 Å². The number of furan rings is 1. The molecule has 0 aliphatic carbocycles. The van der Waals surface area contributed by atoms with Gasteiger partial charge in [0.15, 0.2) is 17.3 Å². The Balaban J connectivity index is 1.58. The number of hydrogen-bond acceptors (Lipinski definition) is 5. The van der Waals surface area contributed by atoms with Gasteiger partial charge in [-0.25, -0.2) is 0 Å². The van der Waals surface area contributed by atoms with E-state index in [1.807, 2.05) is 56.3 Å². The molecule has 0 aliphatic heterocycles. The van der Waals surface area contributed by atoms with Crippen LogP contribution in [-0.4, -0.2) is 19.1 Å². The predicted octanol–water partition coefficient (Wildman–Crippen LogP) is 4.94. The van der Waals surface area contributed by atoms with Crippen LogP contribution < -0.4 is 20.1 Å². The topological polar surface area (TPSA) is 72.7 Å². The van der Waals surface area contributed by atoms with Gasteiger partial charge in [-0.2, -0.15) is 0 Å². The van der Waals surface area contributed by atoms with Crippen LogP contribution in [-0.2, 0) is 6.54 Å². The molecule has 3 rings (SSSR count). The van der Waals surface area contributed by atoms with Gasteiger partial charge in [-0.3, -0.25) is 4.79 Å². The molecular weight excluding hydrogens is 356 g/mol. The molecule has 28 heavy (non-hydrogen) atoms. The standard InChI is InChI=1S/C22H24N2O4/c1-3-26-19-12-7-16(14-21(19)27-4-2)15-23-17-8-10-18(11-9-17)24-22(25)20-6-5-13-28-20/h5-14,23H,3-4,15H2,1-2H3,(H,24,25). The van der Waals surface area contributed by atoms with Gasteiger partial charge >= 0.3 is 0 Å². The Morgan fingerprint density at radius 1 is 0.929 bits per heavy atom. The Kier molecular flexibility index (Phi) is 6.57. The second kappa shape index (κ2) is 9.50. The number of carbonyl (C=O) groups excluding carboxylic acids is 1. The number of benzene rings is 2. The molecule has 0 unspecified atom stereocenters. The Morgan fingerprint density at radius 3 is 2.32 bits per heavy atom. The second-order valence-electron chi connectivity index (χ2n) is 6.01. The summed E-state index contributed by atoms with van der Waals surface area (Å²) in [5, 5.41) is 6.16. The summed E-state index contributed by atoms with van der Waals surface area (Å²) in [4.78, 5) is 12.0. The van der Waals surface area contributed by atoms with Crippen LogP contribution in [0.3, 0.4) is 0 Å². The molecule has 1 heterocycles. The van der Waals surface area contributed by atoms with E-state index < -0.39 is 0 Å². The van der Waals surface area contributed by atoms with Crippen LogP contribution in [0.25, 0.3) is 0 Å². The number of rotatable bonds is 9. The molecule has 1 aromatic heterocycles. The number of hydrogen-bond donors (Lipinski definition) is 2. The third-order valence-corrected chi connectivity index (χ3v) is 3.99. The first-order valence-electron chi connectivity index (χ1n) is 9.27. The van der Waals surface area contributed by atoms with Gasteiger partial charge in [-0.05, 0) is 67.9 Å². The van der Waals surface area contributed by atoms with Crippen LogP contribution in [0.15, 0.2) is 65.3 Å². The molecule has 2 N–H and O–H groups in total. The summed E-state index contributed by atoms with van der Waals surface area (Å²) in [6.07, 6.45) is 1.47. The molecule has 0 fully saturated rings. The first-order chi connectivity index (χ1) is 13.7. The summed E-state index contributed by atoms with van der Waals surface area (Å²) < 4.78 is 16.3. The molecule has 0 atom stereocenters. The number of ether oxygens (including phenoxy) is 2. The zero-order chi connectivity index (χ0) is 19.8. The van der Waals surface area contributed by atoms with Gasteiger partial charge in [0.05, 0.1) is 19.5 Å². The average molecular weight is 380 g/mol. The first kappa shape index (κ1) is 19.4. The van der Waals surface area contributed by atoms with E-state index in [4.69, 9.17) is 13.9 Å². The van der Waals surface area contributed by atoms with E-state index in [2.05, 4.69) is 10.6 Å². The molecule has 6 nitrogen and oxygen atoms in total. The fourth-order valence-corrected chi connectivity index (χ4v) is 2.68. The largest absolute Gasteiger partial charge is 0.490 e. The molecule has 0 saturated carbocycles. The van der Waals surface area contributed by atoms with Crippen molar-refractivity contribution in [1.29, 1.82) is 0 Å². The van der Waals surface area contributed by atoms with Crippen LogP contribution >= 0.6 is 0 Å². The van der Waals surface area contributed by atoms with Crippen LogP contribution in [0.1, 0.15) is 30.0 Å². The van der Waals surface area contributed by atoms with Crippen LogP contribution in [0.2, 0.25) is 0 Å². The highest BCUT2D eigenvalue weighted by Gasteiger charge is 2.09. The Hall–Kier alpha value is -3.41. The van der Waals surface area contributed by atoms with Crippen LogP contribution in [0, 0.1) is 0 Å². The molecule has 1 amide bonds. The summed E-state index contributed by atoms with van der Waals surface area (Å²) in [5.74, 6) is 1.51. The van der Waals surface area contributed by atoms with Crippen LogP contribution in [0.5, 0.6) is 11.5 Å². The van der Waals surface area contributed by atoms with Crippen molar-refractivity contribution < 1.29 is 18.7 Å². The monoisotopic (exact) mass is 380 g/mol. The van der Waals surface area contributed by atoms with Gasteiger partial charge in [0, 0.05) is 17.9 Å². The third kappa shape index (κ3) is 5.07. The lowest BCUT2D eigenvalue weighted by Gasteiger charge is -2.13. The third-order valence-electron chi connectivity index (χ3n) is 3.99. The normalized spacial score (nSPS) is 10.4. The fourth-order valence-electron chi connectivity index (χ4n) is 2.68. The Morgan fingerprint density at radius 2 is 1.64 bits per heavy atom. The second-order valence-corrected chi connectivity index (χ2v) is 6.01. The Bertz CT molecular complexity index is 889. The minimum Gasteiger partial charge on any atom is -0.490 e. The quantitative estimate of drug-likeness (QED) is 0.550. The fraction of sp³-hybridized carbons (Fsp3) is 0.227. The van der Waals surface area contributed by atoms with Crippen molar-refractivity contribution >= 4 is 17.3 Å². The maximum Gasteiger partial charge on any atom is 0.291 e. The van der Waals surface area contributed by atoms with Gasteiger partial charge < -0.3 is 24.5 Å². The number of amides is 1. The zero-order valence-corrected chi connectivity index (χ0v) is 16.0. The molecular formula is C22H24N2O4. The molecule has 0 aliphatic rings. The predicted molar refractivity (Wildman–Crippen MR) is 109 cm³/mol. The van der Waals surface area contributed by atoms with E-state index in [0.717, 1.165) is 22.7 Å². The van der Waals surface area contributed by atoms with Gasteiger partial charge in [0.25, 0.3) is 5.91 Å². The Labute approximate surface area is 164 Å². The first-order valence-corrected chi connectivity index (χ1v) is 9.27. The number of carbonyl (C=O) groups is 1. The van der Waals surface area contributed by atoms with Crippen LogP contribution in [0.4, 0.5) is 11.4 Å². The van der Waals surface area contributed by atoms with Crippen molar-refractivity contribution in [3.05, 3.63) is 72.2 Å². The average Bonchev–Trinajstić information content (AvgIpc) is 3.25. The lowest BCUT2D eigenvalue weighted by atomic mass is 10.2. The smallest absolute Gasteiger partial charge is 0.291 e. The summed E-state index contributed by atoms with van der Waals surface area (Å²) in [7, 11) is 0. The summed E-state index contributed by atoms with van der Waals surface area (Å²) >= 11 is 0. The molecule has 6 heteroatoms. The lowest BCUT2D eigenvalue weighted by molar-refractivity contribution is 0.0996. The van der Waals surface area contributed by atoms with Crippen molar-refractivity contribution in [1.82, 2.24) is 0 Å². The van der Waals surface area contributed by atoms with E-state index in [-0.39, 0.29) is 11.7 Å². The van der Waals surface area contributed by atoms with E-state index >= 15 is 0 Å². The molecule has 2 aromatic carbocycles. The molecule has 0 radical (unpaired) electrons. The van der Waals surface area contributed by atoms with E-state index in [1.54, 1.807) is 12.1 Å². The van der Waals surface area contributed by atoms with Crippen molar-refractivity contribution in [3.63, 3.8) is 0 Å². The number of anilines is 2. The van der Waals surface area contributed by atoms with E-state index in [9.17, 15) is 4.79 Å². The summed E-state index contributed by atoms with van der Waals surface area (Å²) in [6, 6.07) is 16.7. The highest BCUT2D eigenvalue weighted by atomic mass is 16.5. The maximum absolute atomic E-state index is 12.0. The number of nitrogens with one attached hydrogen (secondary N) is 2. The highest BCUT2D eigenvalue weighted by molar-refractivity contribution is 6.02. The molecule has 146 valence electrons. The molecule has 3 aromatic rings. The van der Waals surface area contributed by atoms with Gasteiger partial charge in [-0.1, -0.05) is 6.07 Å². The van der Waals surface area contributed by atoms with Gasteiger partial charge in [0.2, 0.25) is 0 Å². The SMILES string of the molecule is CCOc1ccc(CNc2ccc(NC(=O)c3ccco3)cc2)cc1OCC. The summed E-state index contributed by atoms with van der Waals surface area (Å²) in [5.41, 5.74) is 2.73. The van der Waals surface area contributed by atoms with E-state index in [0.29, 0.717) is 25.4 Å². The lowest BCUT2D eigenvalue weighted by Crippen LogP contribution is -2.10. The molecule has 0 saturated heterocycles. The summed E-state index contributed by atoms with van der Waals surface area (Å²) in [6.45, 7) is 5.73. The van der Waals surface area contributed by atoms with Gasteiger partial charge in [0.1, 0.15) is 0 Å². The maximum atomic E-state index is 12.0. The minimum absolute atomic E-state index is 0.274. The highest BCUT2D eigenvalue weighted by Crippen LogP contribution is 2.29. The van der Waals surface area contributed by atoms with Crippen molar-refractivity contribution in [2.45, 2.75) is 20.4 Å². The van der Waals surface area contributed by atoms with Crippen molar-refractivity contribution in [2.75, 3.05) is 23.8 Å². The minimum atomic E-state index is -0.274. The van der Waals surface area contributed by atoms with E-state index in [1.165, 1.54) is 6.26 Å².